The summed E-state index contributed by atoms with van der Waals surface area (Å²) < 4.78 is 44.1. The van der Waals surface area contributed by atoms with Crippen molar-refractivity contribution in [1.82, 2.24) is 9.03 Å². The van der Waals surface area contributed by atoms with Gasteiger partial charge in [-0.1, -0.05) is 13.0 Å². The fourth-order valence-corrected chi connectivity index (χ4v) is 3.60. The first-order valence-electron chi connectivity index (χ1n) is 6.97. The molecule has 20 heavy (non-hydrogen) atoms. The number of rotatable bonds is 5. The van der Waals surface area contributed by atoms with E-state index in [1.54, 1.807) is 0 Å². The molecule has 1 aliphatic heterocycles. The molecule has 0 radical (unpaired) electrons. The van der Waals surface area contributed by atoms with Gasteiger partial charge in [0.05, 0.1) is 0 Å². The maximum Gasteiger partial charge on any atom is 0.137 e. The van der Waals surface area contributed by atoms with E-state index in [-0.39, 0.29) is 11.5 Å². The summed E-state index contributed by atoms with van der Waals surface area (Å²) in [6.07, 6.45) is 2.16. The van der Waals surface area contributed by atoms with Crippen molar-refractivity contribution in [3.63, 3.8) is 0 Å². The summed E-state index contributed by atoms with van der Waals surface area (Å²) in [7, 11) is 0. The molecular formula is C14H20F2N2OS. The minimum absolute atomic E-state index is 0.129. The van der Waals surface area contributed by atoms with Gasteiger partial charge in [-0.05, 0) is 37.3 Å². The molecule has 1 aromatic rings. The van der Waals surface area contributed by atoms with Crippen LogP contribution in [0.15, 0.2) is 18.2 Å². The molecule has 0 aliphatic carbocycles. The zero-order chi connectivity index (χ0) is 14.5. The quantitative estimate of drug-likeness (QED) is 0.850. The third-order valence-corrected chi connectivity index (χ3v) is 4.86. The lowest BCUT2D eigenvalue weighted by molar-refractivity contribution is 0.307. The van der Waals surface area contributed by atoms with Crippen LogP contribution in [0.1, 0.15) is 37.7 Å². The monoisotopic (exact) mass is 302 g/mol. The molecule has 1 aliphatic rings. The number of piperidine rings is 1. The van der Waals surface area contributed by atoms with Crippen LogP contribution in [0.4, 0.5) is 8.78 Å². The smallest absolute Gasteiger partial charge is 0.137 e. The summed E-state index contributed by atoms with van der Waals surface area (Å²) in [5, 5.41) is 0. The van der Waals surface area contributed by atoms with Crippen molar-refractivity contribution in [3.05, 3.63) is 35.4 Å². The van der Waals surface area contributed by atoms with Gasteiger partial charge >= 0.3 is 0 Å². The second-order valence-corrected chi connectivity index (χ2v) is 6.29. The van der Waals surface area contributed by atoms with Crippen molar-refractivity contribution in [2.45, 2.75) is 32.1 Å². The lowest BCUT2D eigenvalue weighted by Gasteiger charge is -2.31. The summed E-state index contributed by atoms with van der Waals surface area (Å²) in [6.45, 7) is 3.88. The highest BCUT2D eigenvalue weighted by Gasteiger charge is 2.30. The molecule has 0 aromatic heterocycles. The van der Waals surface area contributed by atoms with Crippen LogP contribution < -0.4 is 4.72 Å². The SMILES string of the molecule is CCCN[S+]([O-])N1CCC(c2c(F)cccc2F)CC1. The first kappa shape index (κ1) is 15.7. The Balaban J connectivity index is 1.94. The molecule has 112 valence electrons. The van der Waals surface area contributed by atoms with Crippen LogP contribution in [-0.2, 0) is 11.5 Å². The van der Waals surface area contributed by atoms with Crippen LogP contribution in [0, 0.1) is 11.6 Å². The van der Waals surface area contributed by atoms with E-state index in [0.29, 0.717) is 32.5 Å². The number of hydrogen-bond donors (Lipinski definition) is 1. The van der Waals surface area contributed by atoms with E-state index >= 15 is 0 Å². The maximum atomic E-state index is 13.7. The van der Waals surface area contributed by atoms with Crippen molar-refractivity contribution in [2.75, 3.05) is 19.6 Å². The van der Waals surface area contributed by atoms with Crippen LogP contribution in [-0.4, -0.2) is 28.5 Å². The number of nitrogens with zero attached hydrogens (tertiary/aromatic N) is 1. The van der Waals surface area contributed by atoms with Gasteiger partial charge in [0.25, 0.3) is 0 Å². The zero-order valence-corrected chi connectivity index (χ0v) is 12.4. The van der Waals surface area contributed by atoms with Gasteiger partial charge in [0.1, 0.15) is 23.2 Å². The number of benzene rings is 1. The molecule has 0 spiro atoms. The summed E-state index contributed by atoms with van der Waals surface area (Å²) >= 11 is -1.19. The summed E-state index contributed by atoms with van der Waals surface area (Å²) in [6, 6.07) is 3.98. The lowest BCUT2D eigenvalue weighted by atomic mass is 9.89. The van der Waals surface area contributed by atoms with Gasteiger partial charge < -0.3 is 4.55 Å². The van der Waals surface area contributed by atoms with Gasteiger partial charge in [0.15, 0.2) is 0 Å². The minimum Gasteiger partial charge on any atom is -0.579 e. The van der Waals surface area contributed by atoms with E-state index in [1.807, 2.05) is 11.2 Å². The predicted octanol–water partition coefficient (Wildman–Crippen LogP) is 2.72. The van der Waals surface area contributed by atoms with E-state index in [9.17, 15) is 13.3 Å². The van der Waals surface area contributed by atoms with Crippen LogP contribution in [0.5, 0.6) is 0 Å². The molecule has 0 amide bonds. The Morgan fingerprint density at radius 2 is 1.90 bits per heavy atom. The van der Waals surface area contributed by atoms with Crippen molar-refractivity contribution < 1.29 is 13.3 Å². The first-order chi connectivity index (χ1) is 9.63. The fraction of sp³-hybridized carbons (Fsp3) is 0.571. The van der Waals surface area contributed by atoms with E-state index in [2.05, 4.69) is 4.72 Å². The summed E-state index contributed by atoms with van der Waals surface area (Å²) in [4.78, 5) is 0. The molecule has 3 nitrogen and oxygen atoms in total. The zero-order valence-electron chi connectivity index (χ0n) is 11.6. The standard InChI is InChI=1S/C14H20F2N2OS/c1-2-8-17-20(19)18-9-6-11(7-10-18)14-12(15)4-3-5-13(14)16/h3-5,11,17H,2,6-10H2,1H3. The molecule has 1 heterocycles. The number of hydrogen-bond acceptors (Lipinski definition) is 3. The summed E-state index contributed by atoms with van der Waals surface area (Å²) in [5.41, 5.74) is 0.180. The van der Waals surface area contributed by atoms with Gasteiger partial charge in [-0.15, -0.1) is 9.03 Å². The largest absolute Gasteiger partial charge is 0.579 e. The Labute approximate surface area is 121 Å². The molecule has 1 unspecified atom stereocenters. The molecular weight excluding hydrogens is 282 g/mol. The van der Waals surface area contributed by atoms with E-state index in [0.717, 1.165) is 6.42 Å². The van der Waals surface area contributed by atoms with E-state index in [4.69, 9.17) is 0 Å². The van der Waals surface area contributed by atoms with E-state index in [1.165, 1.54) is 18.2 Å². The summed E-state index contributed by atoms with van der Waals surface area (Å²) in [5.74, 6) is -1.09. The molecule has 6 heteroatoms. The van der Waals surface area contributed by atoms with Crippen molar-refractivity contribution >= 4 is 11.5 Å². The topological polar surface area (TPSA) is 38.3 Å². The first-order valence-corrected chi connectivity index (χ1v) is 8.08. The third-order valence-electron chi connectivity index (χ3n) is 3.57. The van der Waals surface area contributed by atoms with Crippen molar-refractivity contribution in [2.24, 2.45) is 0 Å². The molecule has 1 fully saturated rings. The average molecular weight is 302 g/mol. The molecule has 1 atom stereocenters. The predicted molar refractivity (Wildman–Crippen MR) is 76.3 cm³/mol. The van der Waals surface area contributed by atoms with Gasteiger partial charge in [-0.3, -0.25) is 0 Å². The molecule has 1 N–H and O–H groups in total. The fourth-order valence-electron chi connectivity index (χ4n) is 2.49. The van der Waals surface area contributed by atoms with Crippen LogP contribution in [0.2, 0.25) is 0 Å². The van der Waals surface area contributed by atoms with Crippen LogP contribution in [0.25, 0.3) is 0 Å². The molecule has 2 rings (SSSR count). The number of halogens is 2. The molecule has 0 bridgehead atoms. The highest BCUT2D eigenvalue weighted by atomic mass is 32.2. The second-order valence-electron chi connectivity index (χ2n) is 4.98. The van der Waals surface area contributed by atoms with Gasteiger partial charge in [0.2, 0.25) is 0 Å². The average Bonchev–Trinajstić information content (AvgIpc) is 2.45. The Morgan fingerprint density at radius 3 is 2.45 bits per heavy atom. The molecule has 0 saturated carbocycles. The Hall–Kier alpha value is -0.690. The second kappa shape index (κ2) is 7.36. The lowest BCUT2D eigenvalue weighted by Crippen LogP contribution is -2.45. The Morgan fingerprint density at radius 1 is 1.30 bits per heavy atom. The van der Waals surface area contributed by atoms with Crippen molar-refractivity contribution in [3.8, 4) is 0 Å². The highest BCUT2D eigenvalue weighted by Crippen LogP contribution is 2.32. The van der Waals surface area contributed by atoms with E-state index < -0.39 is 23.2 Å². The van der Waals surface area contributed by atoms with Gasteiger partial charge in [-0.2, -0.15) is 0 Å². The molecule has 1 aromatic carbocycles. The molecule has 1 saturated heterocycles. The van der Waals surface area contributed by atoms with Gasteiger partial charge in [0, 0.05) is 25.2 Å². The highest BCUT2D eigenvalue weighted by molar-refractivity contribution is 7.87. The Kier molecular flexibility index (Phi) is 5.77. The number of nitrogens with one attached hydrogen (secondary N) is 1. The van der Waals surface area contributed by atoms with Crippen LogP contribution >= 0.6 is 0 Å². The van der Waals surface area contributed by atoms with Crippen LogP contribution in [0.3, 0.4) is 0 Å². The minimum atomic E-state index is -1.19. The van der Waals surface area contributed by atoms with Gasteiger partial charge in [-0.25, -0.2) is 8.78 Å². The third kappa shape index (κ3) is 3.69. The normalized spacial score (nSPS) is 19.2. The Bertz CT molecular complexity index is 419. The van der Waals surface area contributed by atoms with Crippen molar-refractivity contribution in [1.29, 1.82) is 0 Å². The maximum absolute atomic E-state index is 13.7.